The van der Waals surface area contributed by atoms with Crippen LogP contribution in [-0.4, -0.2) is 19.5 Å². The van der Waals surface area contributed by atoms with Crippen molar-refractivity contribution in [2.24, 2.45) is 5.92 Å². The van der Waals surface area contributed by atoms with E-state index < -0.39 is 0 Å². The second-order valence-corrected chi connectivity index (χ2v) is 2.55. The number of hydrogen-bond donors (Lipinski definition) is 0. The minimum atomic E-state index is 0.120. The van der Waals surface area contributed by atoms with Gasteiger partial charge in [0.2, 0.25) is 0 Å². The third-order valence-corrected chi connectivity index (χ3v) is 1.58. The lowest BCUT2D eigenvalue weighted by Gasteiger charge is -2.09. The van der Waals surface area contributed by atoms with Crippen LogP contribution < -0.4 is 0 Å². The summed E-state index contributed by atoms with van der Waals surface area (Å²) >= 11 is 0. The molecule has 0 saturated carbocycles. The van der Waals surface area contributed by atoms with Crippen LogP contribution in [0, 0.1) is 5.92 Å². The summed E-state index contributed by atoms with van der Waals surface area (Å²) in [7, 11) is 1.63. The van der Waals surface area contributed by atoms with Gasteiger partial charge in [-0.3, -0.25) is 4.79 Å². The Morgan fingerprint density at radius 3 is 2.50 bits per heavy atom. The molecule has 0 radical (unpaired) electrons. The highest BCUT2D eigenvalue weighted by atomic mass is 16.5. The first-order valence-corrected chi connectivity index (χ1v) is 3.71. The summed E-state index contributed by atoms with van der Waals surface area (Å²) in [6, 6.07) is 0. The smallest absolute Gasteiger partial charge is 0.135 e. The molecular formula is C8H16O2. The molecule has 0 spiro atoms. The third kappa shape index (κ3) is 3.62. The fourth-order valence-electron chi connectivity index (χ4n) is 0.954. The molecule has 0 bridgehead atoms. The molecule has 0 aliphatic heterocycles. The average molecular weight is 144 g/mol. The lowest BCUT2D eigenvalue weighted by atomic mass is 10.0. The SMILES string of the molecule is CCCC(COC)C(C)=O. The molecule has 0 amide bonds. The fraction of sp³-hybridized carbons (Fsp3) is 0.875. The highest BCUT2D eigenvalue weighted by Crippen LogP contribution is 2.07. The lowest BCUT2D eigenvalue weighted by molar-refractivity contribution is -0.122. The molecule has 0 saturated heterocycles. The van der Waals surface area contributed by atoms with Crippen LogP contribution in [0.2, 0.25) is 0 Å². The van der Waals surface area contributed by atoms with Crippen LogP contribution >= 0.6 is 0 Å². The van der Waals surface area contributed by atoms with Crippen molar-refractivity contribution in [2.45, 2.75) is 26.7 Å². The molecule has 0 aromatic carbocycles. The molecule has 60 valence electrons. The second kappa shape index (κ2) is 5.42. The van der Waals surface area contributed by atoms with E-state index in [0.29, 0.717) is 6.61 Å². The number of methoxy groups -OCH3 is 1. The number of ketones is 1. The Morgan fingerprint density at radius 1 is 1.60 bits per heavy atom. The standard InChI is InChI=1S/C8H16O2/c1-4-5-8(6-10-3)7(2)9/h8H,4-6H2,1-3H3. The Morgan fingerprint density at radius 2 is 2.20 bits per heavy atom. The molecule has 2 heteroatoms. The van der Waals surface area contributed by atoms with Gasteiger partial charge in [0.15, 0.2) is 0 Å². The maximum atomic E-state index is 10.8. The van der Waals surface area contributed by atoms with E-state index in [1.54, 1.807) is 14.0 Å². The topological polar surface area (TPSA) is 26.3 Å². The van der Waals surface area contributed by atoms with Gasteiger partial charge in [-0.15, -0.1) is 0 Å². The van der Waals surface area contributed by atoms with Crippen LogP contribution in [-0.2, 0) is 9.53 Å². The van der Waals surface area contributed by atoms with E-state index in [-0.39, 0.29) is 11.7 Å². The summed E-state index contributed by atoms with van der Waals surface area (Å²) in [4.78, 5) is 10.8. The Balaban J connectivity index is 3.61. The fourth-order valence-corrected chi connectivity index (χ4v) is 0.954. The Hall–Kier alpha value is -0.370. The molecule has 1 atom stereocenters. The van der Waals surface area contributed by atoms with Gasteiger partial charge in [0.1, 0.15) is 5.78 Å². The van der Waals surface area contributed by atoms with Crippen molar-refractivity contribution in [1.82, 2.24) is 0 Å². The first-order chi connectivity index (χ1) is 4.72. The van der Waals surface area contributed by atoms with Crippen molar-refractivity contribution < 1.29 is 9.53 Å². The van der Waals surface area contributed by atoms with Crippen molar-refractivity contribution in [2.75, 3.05) is 13.7 Å². The van der Waals surface area contributed by atoms with E-state index in [1.165, 1.54) is 0 Å². The Labute approximate surface area is 62.6 Å². The summed E-state index contributed by atoms with van der Waals surface area (Å²) in [5, 5.41) is 0. The number of ether oxygens (including phenoxy) is 1. The maximum absolute atomic E-state index is 10.8. The van der Waals surface area contributed by atoms with E-state index >= 15 is 0 Å². The summed E-state index contributed by atoms with van der Waals surface area (Å²) in [6.45, 7) is 4.27. The molecule has 0 aromatic heterocycles. The number of Topliss-reactive ketones (excluding diaryl/α,β-unsaturated/α-hetero) is 1. The van der Waals surface area contributed by atoms with Gasteiger partial charge in [0.25, 0.3) is 0 Å². The molecule has 0 fully saturated rings. The average Bonchev–Trinajstić information content (AvgIpc) is 1.87. The molecule has 2 nitrogen and oxygen atoms in total. The Bertz CT molecular complexity index is 93.4. The van der Waals surface area contributed by atoms with E-state index in [1.807, 2.05) is 0 Å². The van der Waals surface area contributed by atoms with Gasteiger partial charge in [-0.25, -0.2) is 0 Å². The number of hydrogen-bond acceptors (Lipinski definition) is 2. The van der Waals surface area contributed by atoms with Crippen molar-refractivity contribution in [1.29, 1.82) is 0 Å². The lowest BCUT2D eigenvalue weighted by Crippen LogP contribution is -2.16. The summed E-state index contributed by atoms with van der Waals surface area (Å²) in [5.74, 6) is 0.360. The predicted octanol–water partition coefficient (Wildman–Crippen LogP) is 1.64. The van der Waals surface area contributed by atoms with Crippen molar-refractivity contribution in [3.8, 4) is 0 Å². The maximum Gasteiger partial charge on any atom is 0.135 e. The van der Waals surface area contributed by atoms with E-state index in [0.717, 1.165) is 12.8 Å². The molecule has 1 unspecified atom stereocenters. The van der Waals surface area contributed by atoms with Crippen LogP contribution in [0.1, 0.15) is 26.7 Å². The number of carbonyl (C=O) groups is 1. The van der Waals surface area contributed by atoms with Gasteiger partial charge in [-0.05, 0) is 13.3 Å². The largest absolute Gasteiger partial charge is 0.384 e. The first kappa shape index (κ1) is 9.63. The van der Waals surface area contributed by atoms with Crippen LogP contribution in [0.4, 0.5) is 0 Å². The summed E-state index contributed by atoms with van der Waals surface area (Å²) < 4.78 is 4.90. The van der Waals surface area contributed by atoms with Gasteiger partial charge in [0, 0.05) is 13.0 Å². The molecule has 0 aliphatic carbocycles. The van der Waals surface area contributed by atoms with Gasteiger partial charge in [0.05, 0.1) is 6.61 Å². The van der Waals surface area contributed by atoms with E-state index in [4.69, 9.17) is 4.74 Å². The van der Waals surface area contributed by atoms with Gasteiger partial charge < -0.3 is 4.74 Å². The predicted molar refractivity (Wildman–Crippen MR) is 41.0 cm³/mol. The van der Waals surface area contributed by atoms with Crippen LogP contribution in [0.5, 0.6) is 0 Å². The minimum Gasteiger partial charge on any atom is -0.384 e. The van der Waals surface area contributed by atoms with Crippen molar-refractivity contribution >= 4 is 5.78 Å². The van der Waals surface area contributed by atoms with Gasteiger partial charge in [-0.2, -0.15) is 0 Å². The van der Waals surface area contributed by atoms with Crippen LogP contribution in [0.3, 0.4) is 0 Å². The zero-order valence-corrected chi connectivity index (χ0v) is 7.02. The monoisotopic (exact) mass is 144 g/mol. The van der Waals surface area contributed by atoms with Crippen LogP contribution in [0.15, 0.2) is 0 Å². The van der Waals surface area contributed by atoms with Crippen molar-refractivity contribution in [3.63, 3.8) is 0 Å². The number of carbonyl (C=O) groups excluding carboxylic acids is 1. The normalized spacial score (nSPS) is 13.1. The third-order valence-electron chi connectivity index (χ3n) is 1.58. The first-order valence-electron chi connectivity index (χ1n) is 3.71. The zero-order valence-electron chi connectivity index (χ0n) is 7.02. The summed E-state index contributed by atoms with van der Waals surface area (Å²) in [5.41, 5.74) is 0. The number of rotatable bonds is 5. The molecular weight excluding hydrogens is 128 g/mol. The molecule has 0 aliphatic rings. The molecule has 0 aromatic rings. The van der Waals surface area contributed by atoms with Crippen LogP contribution in [0.25, 0.3) is 0 Å². The molecule has 10 heavy (non-hydrogen) atoms. The highest BCUT2D eigenvalue weighted by molar-refractivity contribution is 5.78. The zero-order chi connectivity index (χ0) is 7.98. The quantitative estimate of drug-likeness (QED) is 0.586. The van der Waals surface area contributed by atoms with Gasteiger partial charge in [-0.1, -0.05) is 13.3 Å². The summed E-state index contributed by atoms with van der Waals surface area (Å²) in [6.07, 6.45) is 2.00. The van der Waals surface area contributed by atoms with E-state index in [9.17, 15) is 4.79 Å². The second-order valence-electron chi connectivity index (χ2n) is 2.55. The molecule has 0 heterocycles. The minimum absolute atomic E-state index is 0.120. The van der Waals surface area contributed by atoms with Crippen molar-refractivity contribution in [3.05, 3.63) is 0 Å². The van der Waals surface area contributed by atoms with Gasteiger partial charge >= 0.3 is 0 Å². The highest BCUT2D eigenvalue weighted by Gasteiger charge is 2.11. The Kier molecular flexibility index (Phi) is 5.22. The molecule has 0 N–H and O–H groups in total. The van der Waals surface area contributed by atoms with E-state index in [2.05, 4.69) is 6.92 Å². The molecule has 0 rings (SSSR count).